The normalized spacial score (nSPS) is 14.2. The van der Waals surface area contributed by atoms with Gasteiger partial charge in [-0.05, 0) is 58.7 Å². The zero-order chi connectivity index (χ0) is 23.3. The number of fused-ring (bicyclic) bond motifs is 9. The highest BCUT2D eigenvalue weighted by Crippen LogP contribution is 2.51. The van der Waals surface area contributed by atoms with E-state index in [0.717, 1.165) is 11.0 Å². The summed E-state index contributed by atoms with van der Waals surface area (Å²) in [6.07, 6.45) is 1.92. The predicted octanol–water partition coefficient (Wildman–Crippen LogP) is 8.85. The van der Waals surface area contributed by atoms with E-state index in [1.54, 1.807) is 0 Å². The minimum atomic E-state index is -0.0329. The van der Waals surface area contributed by atoms with Crippen molar-refractivity contribution in [3.05, 3.63) is 108 Å². The summed E-state index contributed by atoms with van der Waals surface area (Å²) < 4.78 is 5.08. The monoisotopic (exact) mass is 466 g/mol. The van der Waals surface area contributed by atoms with Crippen LogP contribution in [-0.4, -0.2) is 9.55 Å². The molecule has 0 atom stereocenters. The number of pyridine rings is 1. The molecule has 0 aliphatic heterocycles. The molecule has 7 aromatic rings. The topological polar surface area (TPSA) is 17.8 Å². The molecule has 3 aromatic heterocycles. The second-order valence-electron chi connectivity index (χ2n) is 10.0. The first-order valence-electron chi connectivity index (χ1n) is 12.1. The Kier molecular flexibility index (Phi) is 3.64. The zero-order valence-electron chi connectivity index (χ0n) is 19.5. The molecular weight excluding hydrogens is 444 g/mol. The fourth-order valence-electron chi connectivity index (χ4n) is 6.19. The lowest BCUT2D eigenvalue weighted by atomic mass is 9.82. The third-order valence-corrected chi connectivity index (χ3v) is 9.06. The quantitative estimate of drug-likeness (QED) is 0.236. The van der Waals surface area contributed by atoms with Gasteiger partial charge < -0.3 is 4.57 Å². The molecule has 8 rings (SSSR count). The number of nitrogens with zero attached hydrogens (tertiary/aromatic N) is 2. The van der Waals surface area contributed by atoms with Crippen LogP contribution in [0.4, 0.5) is 0 Å². The summed E-state index contributed by atoms with van der Waals surface area (Å²) in [6.45, 7) is 4.68. The summed E-state index contributed by atoms with van der Waals surface area (Å²) in [4.78, 5) is 4.88. The Morgan fingerprint density at radius 1 is 0.686 bits per heavy atom. The van der Waals surface area contributed by atoms with Crippen molar-refractivity contribution < 1.29 is 0 Å². The average Bonchev–Trinajstić information content (AvgIpc) is 3.50. The first-order chi connectivity index (χ1) is 17.1. The van der Waals surface area contributed by atoms with Gasteiger partial charge in [0.25, 0.3) is 0 Å². The highest BCUT2D eigenvalue weighted by Gasteiger charge is 2.36. The van der Waals surface area contributed by atoms with Crippen molar-refractivity contribution in [1.82, 2.24) is 9.55 Å². The minimum Gasteiger partial charge on any atom is -0.306 e. The Bertz CT molecular complexity index is 1990. The smallest absolute Gasteiger partial charge is 0.0963 e. The van der Waals surface area contributed by atoms with E-state index in [4.69, 9.17) is 4.98 Å². The predicted molar refractivity (Wildman–Crippen MR) is 149 cm³/mol. The van der Waals surface area contributed by atoms with Crippen LogP contribution in [-0.2, 0) is 5.41 Å². The van der Waals surface area contributed by atoms with Crippen LogP contribution >= 0.6 is 11.3 Å². The molecule has 166 valence electrons. The Morgan fingerprint density at radius 3 is 2.46 bits per heavy atom. The third-order valence-electron chi connectivity index (χ3n) is 7.85. The minimum absolute atomic E-state index is 0.0329. The Balaban J connectivity index is 1.54. The third kappa shape index (κ3) is 2.41. The highest BCUT2D eigenvalue weighted by molar-refractivity contribution is 7.26. The van der Waals surface area contributed by atoms with E-state index < -0.39 is 0 Å². The van der Waals surface area contributed by atoms with Gasteiger partial charge >= 0.3 is 0 Å². The van der Waals surface area contributed by atoms with E-state index in [-0.39, 0.29) is 5.41 Å². The molecule has 1 aliphatic rings. The van der Waals surface area contributed by atoms with Crippen LogP contribution in [0.3, 0.4) is 0 Å². The van der Waals surface area contributed by atoms with E-state index in [2.05, 4.69) is 109 Å². The largest absolute Gasteiger partial charge is 0.306 e. The lowest BCUT2D eigenvalue weighted by molar-refractivity contribution is 0.661. The molecule has 0 spiro atoms. The van der Waals surface area contributed by atoms with E-state index in [1.807, 2.05) is 17.5 Å². The standard InChI is InChI=1S/C32H22N2S/c1-32(2)24-12-5-3-9-19(24)22-18-28-23(17-25(22)32)30-26(14-8-16-33-30)34(28)27-13-7-11-21-20-10-4-6-15-29(20)35-31(21)27/h3-18H,1-2H3. The summed E-state index contributed by atoms with van der Waals surface area (Å²) >= 11 is 1.88. The first-order valence-corrected chi connectivity index (χ1v) is 12.9. The molecular formula is C32H22N2S. The van der Waals surface area contributed by atoms with Crippen LogP contribution in [0.15, 0.2) is 97.2 Å². The maximum absolute atomic E-state index is 4.88. The van der Waals surface area contributed by atoms with Crippen molar-refractivity contribution in [3.8, 4) is 16.8 Å². The Labute approximate surface area is 207 Å². The van der Waals surface area contributed by atoms with Gasteiger partial charge in [-0.1, -0.05) is 68.4 Å². The molecule has 35 heavy (non-hydrogen) atoms. The fraction of sp³-hybridized carbons (Fsp3) is 0.0938. The average molecular weight is 467 g/mol. The summed E-state index contributed by atoms with van der Waals surface area (Å²) in [7, 11) is 0. The van der Waals surface area contributed by atoms with Gasteiger partial charge in [-0.3, -0.25) is 4.98 Å². The first kappa shape index (κ1) is 19.4. The second kappa shape index (κ2) is 6.59. The summed E-state index contributed by atoms with van der Waals surface area (Å²) in [6, 6.07) is 33.4. The number of benzene rings is 4. The van der Waals surface area contributed by atoms with Crippen molar-refractivity contribution in [2.45, 2.75) is 19.3 Å². The molecule has 0 unspecified atom stereocenters. The van der Waals surface area contributed by atoms with Crippen LogP contribution in [0.2, 0.25) is 0 Å². The molecule has 3 heterocycles. The zero-order valence-corrected chi connectivity index (χ0v) is 20.4. The SMILES string of the molecule is CC1(C)c2ccccc2-c2cc3c(cc21)c1ncccc1n3-c1cccc2c1sc1ccccc12. The van der Waals surface area contributed by atoms with E-state index in [9.17, 15) is 0 Å². The van der Waals surface area contributed by atoms with Gasteiger partial charge in [0, 0.05) is 32.5 Å². The van der Waals surface area contributed by atoms with Crippen LogP contribution in [0.25, 0.3) is 58.9 Å². The molecule has 0 fully saturated rings. The molecule has 3 heteroatoms. The van der Waals surface area contributed by atoms with Crippen molar-refractivity contribution in [2.24, 2.45) is 0 Å². The molecule has 0 saturated heterocycles. The van der Waals surface area contributed by atoms with Gasteiger partial charge in [0.1, 0.15) is 0 Å². The lowest BCUT2D eigenvalue weighted by Crippen LogP contribution is -2.14. The van der Waals surface area contributed by atoms with Gasteiger partial charge in [0.05, 0.1) is 26.9 Å². The number of hydrogen-bond donors (Lipinski definition) is 0. The van der Waals surface area contributed by atoms with Crippen molar-refractivity contribution in [3.63, 3.8) is 0 Å². The summed E-state index contributed by atoms with van der Waals surface area (Å²) in [5.41, 5.74) is 10.1. The molecule has 0 saturated carbocycles. The molecule has 0 amide bonds. The number of thiophene rings is 1. The molecule has 4 aromatic carbocycles. The second-order valence-corrected chi connectivity index (χ2v) is 11.1. The van der Waals surface area contributed by atoms with Crippen molar-refractivity contribution in [2.75, 3.05) is 0 Å². The molecule has 0 radical (unpaired) electrons. The highest BCUT2D eigenvalue weighted by atomic mass is 32.1. The summed E-state index contributed by atoms with van der Waals surface area (Å²) in [5.74, 6) is 0. The van der Waals surface area contributed by atoms with Crippen LogP contribution in [0.5, 0.6) is 0 Å². The van der Waals surface area contributed by atoms with E-state index in [0.29, 0.717) is 0 Å². The van der Waals surface area contributed by atoms with E-state index in [1.165, 1.54) is 59.0 Å². The summed E-state index contributed by atoms with van der Waals surface area (Å²) in [5, 5.41) is 3.86. The Hall–Kier alpha value is -3.95. The van der Waals surface area contributed by atoms with E-state index >= 15 is 0 Å². The number of hydrogen-bond acceptors (Lipinski definition) is 2. The van der Waals surface area contributed by atoms with Gasteiger partial charge in [-0.15, -0.1) is 11.3 Å². The van der Waals surface area contributed by atoms with Gasteiger partial charge in [0.2, 0.25) is 0 Å². The maximum Gasteiger partial charge on any atom is 0.0963 e. The van der Waals surface area contributed by atoms with Gasteiger partial charge in [-0.25, -0.2) is 0 Å². The van der Waals surface area contributed by atoms with Crippen LogP contribution in [0.1, 0.15) is 25.0 Å². The van der Waals surface area contributed by atoms with Crippen LogP contribution < -0.4 is 0 Å². The van der Waals surface area contributed by atoms with Gasteiger partial charge in [-0.2, -0.15) is 0 Å². The maximum atomic E-state index is 4.88. The molecule has 2 nitrogen and oxygen atoms in total. The number of rotatable bonds is 1. The van der Waals surface area contributed by atoms with Gasteiger partial charge in [0.15, 0.2) is 0 Å². The fourth-order valence-corrected chi connectivity index (χ4v) is 7.40. The molecule has 1 aliphatic carbocycles. The van der Waals surface area contributed by atoms with Crippen molar-refractivity contribution >= 4 is 53.4 Å². The van der Waals surface area contributed by atoms with Crippen LogP contribution in [0, 0.1) is 0 Å². The molecule has 0 N–H and O–H groups in total. The van der Waals surface area contributed by atoms with Crippen molar-refractivity contribution in [1.29, 1.82) is 0 Å². The lowest BCUT2D eigenvalue weighted by Gasteiger charge is -2.21. The molecule has 0 bridgehead atoms. The number of aromatic nitrogens is 2. The Morgan fingerprint density at radius 2 is 1.51 bits per heavy atom.